The molecule has 3 amide bonds. The van der Waals surface area contributed by atoms with Crippen LogP contribution in [-0.2, 0) is 95.0 Å². The molecule has 602 valence electrons. The molecule has 0 aromatic rings. The molecule has 0 aromatic carbocycles. The molecule has 8 aliphatic heterocycles. The second-order valence-electron chi connectivity index (χ2n) is 26.6. The van der Waals surface area contributed by atoms with Gasteiger partial charge in [-0.1, -0.05) is 6.92 Å². The van der Waals surface area contributed by atoms with Crippen LogP contribution >= 0.6 is 0 Å². The Morgan fingerprint density at radius 2 is 0.817 bits per heavy atom. The topological polar surface area (TPSA) is 697 Å². The summed E-state index contributed by atoms with van der Waals surface area (Å²) in [5, 5.41) is 251. The number of hydrogen-bond donors (Lipinski definition) is 25. The number of amides is 3. The predicted molar refractivity (Wildman–Crippen MR) is 323 cm³/mol. The van der Waals surface area contributed by atoms with Crippen LogP contribution in [0.4, 0.5) is 0 Å². The molecule has 8 fully saturated rings. The van der Waals surface area contributed by atoms with Crippen LogP contribution in [0.1, 0.15) is 41.0 Å². The molecular formula is C59H99N3O42. The van der Waals surface area contributed by atoms with E-state index in [1.54, 1.807) is 0 Å². The Labute approximate surface area is 590 Å². The third-order valence-corrected chi connectivity index (χ3v) is 19.3. The van der Waals surface area contributed by atoms with Crippen LogP contribution in [0.2, 0.25) is 0 Å². The van der Waals surface area contributed by atoms with Crippen molar-refractivity contribution in [1.82, 2.24) is 16.0 Å². The van der Waals surface area contributed by atoms with Crippen molar-refractivity contribution in [1.29, 1.82) is 0 Å². The van der Waals surface area contributed by atoms with Crippen LogP contribution in [0.5, 0.6) is 0 Å². The summed E-state index contributed by atoms with van der Waals surface area (Å²) in [6, 6.07) is -4.89. The molecule has 0 aliphatic carbocycles. The molecule has 25 N–H and O–H groups in total. The first-order chi connectivity index (χ1) is 49.2. The van der Waals surface area contributed by atoms with Crippen LogP contribution in [0.15, 0.2) is 0 Å². The average Bonchev–Trinajstić information content (AvgIpc) is 0.762. The Morgan fingerprint density at radius 3 is 1.30 bits per heavy atom. The van der Waals surface area contributed by atoms with Gasteiger partial charge in [-0.05, 0) is 6.92 Å². The van der Waals surface area contributed by atoms with E-state index in [2.05, 4.69) is 16.0 Å². The molecule has 45 nitrogen and oxygen atoms in total. The number of hydrogen-bond acceptors (Lipinski definition) is 42. The predicted octanol–water partition coefficient (Wildman–Crippen LogP) is -16.4. The fourth-order valence-electron chi connectivity index (χ4n) is 13.7. The summed E-state index contributed by atoms with van der Waals surface area (Å²) in [5.41, 5.74) is 0. The molecule has 8 rings (SSSR count). The van der Waals surface area contributed by atoms with E-state index in [9.17, 15) is 132 Å². The quantitative estimate of drug-likeness (QED) is 0.0244. The lowest BCUT2D eigenvalue weighted by Crippen LogP contribution is -2.70. The third kappa shape index (κ3) is 18.9. The summed E-state index contributed by atoms with van der Waals surface area (Å²) in [6.07, 6.45) is -72.0. The highest BCUT2D eigenvalue weighted by atomic mass is 16.9. The van der Waals surface area contributed by atoms with Crippen LogP contribution in [0.3, 0.4) is 0 Å². The highest BCUT2D eigenvalue weighted by molar-refractivity contribution is 5.74. The van der Waals surface area contributed by atoms with Crippen molar-refractivity contribution >= 4 is 24.2 Å². The lowest BCUT2D eigenvalue weighted by atomic mass is 9.87. The highest BCUT2D eigenvalue weighted by Gasteiger charge is 2.61. The zero-order valence-corrected chi connectivity index (χ0v) is 56.5. The van der Waals surface area contributed by atoms with Gasteiger partial charge in [-0.15, -0.1) is 0 Å². The molecule has 0 spiro atoms. The summed E-state index contributed by atoms with van der Waals surface area (Å²) in [5.74, 6) is -6.32. The molecule has 0 saturated carbocycles. The molecule has 8 heterocycles. The average molecular weight is 1520 g/mol. The van der Waals surface area contributed by atoms with Crippen LogP contribution in [0, 0.1) is 5.92 Å². The first-order valence-corrected chi connectivity index (χ1v) is 33.4. The Bertz CT molecular complexity index is 2710. The molecule has 41 atom stereocenters. The van der Waals surface area contributed by atoms with E-state index in [4.69, 9.17) is 75.8 Å². The van der Waals surface area contributed by atoms with Gasteiger partial charge >= 0.3 is 5.97 Å². The molecule has 0 aromatic heterocycles. The van der Waals surface area contributed by atoms with Gasteiger partial charge in [0.1, 0.15) is 177 Å². The molecule has 16 unspecified atom stereocenters. The Hall–Kier alpha value is -3.60. The molecule has 0 bridgehead atoms. The Balaban J connectivity index is 1.06. The van der Waals surface area contributed by atoms with Crippen molar-refractivity contribution in [2.24, 2.45) is 5.92 Å². The number of nitrogens with one attached hydrogen (secondary N) is 3. The fraction of sp³-hybridized carbons (Fsp3) is 0.932. The lowest BCUT2D eigenvalue weighted by Gasteiger charge is -2.51. The Kier molecular flexibility index (Phi) is 30.9. The molecule has 104 heavy (non-hydrogen) atoms. The van der Waals surface area contributed by atoms with Gasteiger partial charge in [-0.3, -0.25) is 19.2 Å². The maximum atomic E-state index is 13.0. The minimum atomic E-state index is -2.83. The minimum Gasteiger partial charge on any atom is -0.410 e. The fourth-order valence-corrected chi connectivity index (χ4v) is 13.7. The standard InChI is InChI=1S/C59H99N3O42/c1-16-21(74)6-59(90-15-70,103-46(16)33(76)22(75)7-63)104-51-36(79)25(10-66)93-57(45(51)88)100-49-28(13-69)96-54(32(40(49)83)62-20(5)73)102-52-42(85)35(78)24(9-65)94-58(52)89-14-29-37(80)50(101-55-43(86)41(84)34(77)23(8-64)92-55)44(87)56(97-29)99-48-27(12-68)95-53(31(39(48)82)61-19(4)72)98-47-26(11-67)91-17(2)30(38(47)81)60-18(3)71/h15-17,21-58,63-69,74-88H,6-14H2,1-5H3,(H,60,71)(H,61,72)(H,62,73)/t16-,17+,21+,22+,23?,24?,25?,26?,27?,28-,29?,30?,31?,32?,33-,34+,35+,36+,37+,38-,39-,40?,41?,42+,43?,44?,45?,46?,47+,48+,49-,50+,51+,52?,53+,54-,55+,56+,57+,58-,59+/m1/s1. The van der Waals surface area contributed by atoms with E-state index >= 15 is 0 Å². The molecule has 0 radical (unpaired) electrons. The number of carbonyl (C=O) groups excluding carboxylic acids is 4. The molecule has 8 saturated heterocycles. The zero-order valence-electron chi connectivity index (χ0n) is 56.5. The number of aliphatic hydroxyl groups is 22. The highest BCUT2D eigenvalue weighted by Crippen LogP contribution is 2.42. The van der Waals surface area contributed by atoms with Crippen LogP contribution < -0.4 is 16.0 Å². The largest absolute Gasteiger partial charge is 0.410 e. The van der Waals surface area contributed by atoms with Crippen LogP contribution in [0.25, 0.3) is 0 Å². The van der Waals surface area contributed by atoms with Gasteiger partial charge in [0.15, 0.2) is 37.7 Å². The smallest absolute Gasteiger partial charge is 0.332 e. The second-order valence-corrected chi connectivity index (χ2v) is 26.6. The van der Waals surface area contributed by atoms with E-state index in [1.165, 1.54) is 13.8 Å². The van der Waals surface area contributed by atoms with Gasteiger partial charge in [0.05, 0.1) is 83.6 Å². The van der Waals surface area contributed by atoms with Gasteiger partial charge in [0.25, 0.3) is 6.47 Å². The van der Waals surface area contributed by atoms with E-state index in [0.717, 1.165) is 20.8 Å². The van der Waals surface area contributed by atoms with Gasteiger partial charge in [-0.25, -0.2) is 0 Å². The van der Waals surface area contributed by atoms with Gasteiger partial charge in [0.2, 0.25) is 17.7 Å². The van der Waals surface area contributed by atoms with E-state index < -0.39 is 328 Å². The van der Waals surface area contributed by atoms with Gasteiger partial charge < -0.3 is 204 Å². The van der Waals surface area contributed by atoms with Crippen LogP contribution in [-0.4, -0.2) is 434 Å². The number of carbonyl (C=O) groups is 4. The maximum absolute atomic E-state index is 13.0. The molecular weight excluding hydrogens is 1420 g/mol. The molecule has 45 heteroatoms. The SMILES string of the molecule is CC(=O)NC1C(O)[C@H](O[C@@H]2OC(CO)[C@H](O)[C@H](O[C@]3(OC=O)C[C@H](O)[C@@H](C)C([C@H](O)[C@@H](O)CO)O3)C2O)[C@@H](CO)O[C@@H]1OC1[C@H](OCC2O[C@@H](O[C@H]3C(CO)O[C@@H](O[C@H]4C(CO)O[C@@H](C)C(NC(C)=O)[C@H]4O)C(NC(C)=O)[C@H]3O)C(O)[C@@H](O[C@@H]3OC(CO)[C@H](O)C(O)C3O)[C@H]2O)OC(CO)[C@H](O)[C@@H]1O. The van der Waals surface area contributed by atoms with Crippen molar-refractivity contribution in [3.05, 3.63) is 0 Å². The van der Waals surface area contributed by atoms with E-state index in [-0.39, 0.29) is 6.47 Å². The van der Waals surface area contributed by atoms with Crippen molar-refractivity contribution in [3.63, 3.8) is 0 Å². The monoisotopic (exact) mass is 1520 g/mol. The minimum absolute atomic E-state index is 0.231. The summed E-state index contributed by atoms with van der Waals surface area (Å²) in [6.45, 7) is -2.68. The summed E-state index contributed by atoms with van der Waals surface area (Å²) < 4.78 is 94.0. The first-order valence-electron chi connectivity index (χ1n) is 33.4. The normalized spacial score (nSPS) is 47.9. The maximum Gasteiger partial charge on any atom is 0.332 e. The second kappa shape index (κ2) is 37.4. The molecule has 8 aliphatic rings. The summed E-state index contributed by atoms with van der Waals surface area (Å²) in [7, 11) is 0. The number of ether oxygens (including phenoxy) is 16. The van der Waals surface area contributed by atoms with E-state index in [0.29, 0.717) is 0 Å². The zero-order chi connectivity index (χ0) is 76.8. The van der Waals surface area contributed by atoms with E-state index in [1.807, 2.05) is 0 Å². The van der Waals surface area contributed by atoms with Crippen molar-refractivity contribution in [2.45, 2.75) is 286 Å². The first kappa shape index (κ1) is 86.0. The number of aliphatic hydroxyl groups excluding tert-OH is 22. The van der Waals surface area contributed by atoms with Crippen molar-refractivity contribution < 1.29 is 207 Å². The van der Waals surface area contributed by atoms with Crippen molar-refractivity contribution in [3.8, 4) is 0 Å². The lowest BCUT2D eigenvalue weighted by molar-refractivity contribution is -0.448. The third-order valence-electron chi connectivity index (χ3n) is 19.3. The van der Waals surface area contributed by atoms with Gasteiger partial charge in [0, 0.05) is 26.7 Å². The Morgan fingerprint density at radius 1 is 0.433 bits per heavy atom. The summed E-state index contributed by atoms with van der Waals surface area (Å²) >= 11 is 0. The van der Waals surface area contributed by atoms with Crippen molar-refractivity contribution in [2.75, 3.05) is 52.9 Å². The summed E-state index contributed by atoms with van der Waals surface area (Å²) in [4.78, 5) is 49.9. The van der Waals surface area contributed by atoms with Gasteiger partial charge in [-0.2, -0.15) is 0 Å². The number of rotatable bonds is 29.